The maximum atomic E-state index is 5.97. The number of nitrogens with zero attached hydrogens (tertiary/aromatic N) is 5. The first-order valence-electron chi connectivity index (χ1n) is 7.46. The summed E-state index contributed by atoms with van der Waals surface area (Å²) in [7, 11) is 2.02. The van der Waals surface area contributed by atoms with Crippen molar-refractivity contribution < 1.29 is 4.74 Å². The highest BCUT2D eigenvalue weighted by atomic mass is 16.5. The van der Waals surface area contributed by atoms with Crippen LogP contribution in [0.2, 0.25) is 0 Å². The summed E-state index contributed by atoms with van der Waals surface area (Å²) in [6, 6.07) is 0. The van der Waals surface area contributed by atoms with Crippen LogP contribution in [0.5, 0.6) is 0 Å². The maximum absolute atomic E-state index is 5.97. The van der Waals surface area contributed by atoms with E-state index in [1.165, 1.54) is 6.42 Å². The molecule has 3 rings (SSSR count). The lowest BCUT2D eigenvalue weighted by molar-refractivity contribution is -0.0343. The monoisotopic (exact) mass is 290 g/mol. The van der Waals surface area contributed by atoms with E-state index in [1.54, 1.807) is 12.7 Å². The van der Waals surface area contributed by atoms with E-state index in [0.29, 0.717) is 5.92 Å². The third-order valence-corrected chi connectivity index (χ3v) is 3.95. The standard InChI is InChI=1S/C14H22N6O/c1-19-6-5-17-14(19)13-12(3-2-8-21-13)9-15-4-7-20-11-16-10-18-20/h5-6,10-13,15H,2-4,7-9H2,1H3/t12-,13+/m0/s1. The number of aryl methyl sites for hydroxylation is 1. The van der Waals surface area contributed by atoms with Crippen LogP contribution in [0.4, 0.5) is 0 Å². The van der Waals surface area contributed by atoms with Gasteiger partial charge in [0.15, 0.2) is 0 Å². The molecule has 2 aromatic heterocycles. The molecule has 0 amide bonds. The predicted octanol–water partition coefficient (Wildman–Crippen LogP) is 0.769. The summed E-state index contributed by atoms with van der Waals surface area (Å²) >= 11 is 0. The van der Waals surface area contributed by atoms with Gasteiger partial charge in [-0.25, -0.2) is 9.97 Å². The molecule has 0 radical (unpaired) electrons. The number of nitrogens with one attached hydrogen (secondary N) is 1. The van der Waals surface area contributed by atoms with Crippen LogP contribution in [0.25, 0.3) is 0 Å². The van der Waals surface area contributed by atoms with Crippen molar-refractivity contribution in [3.63, 3.8) is 0 Å². The van der Waals surface area contributed by atoms with Gasteiger partial charge in [-0.3, -0.25) is 4.68 Å². The minimum absolute atomic E-state index is 0.0950. The Morgan fingerprint density at radius 3 is 3.19 bits per heavy atom. The van der Waals surface area contributed by atoms with E-state index in [-0.39, 0.29) is 6.10 Å². The molecule has 1 N–H and O–H groups in total. The Hall–Kier alpha value is -1.73. The second-order valence-electron chi connectivity index (χ2n) is 5.45. The fourth-order valence-corrected chi connectivity index (χ4v) is 2.82. The van der Waals surface area contributed by atoms with Crippen LogP contribution in [-0.2, 0) is 18.3 Å². The Labute approximate surface area is 124 Å². The molecule has 1 aliphatic rings. The molecule has 1 aliphatic heterocycles. The van der Waals surface area contributed by atoms with E-state index in [9.17, 15) is 0 Å². The van der Waals surface area contributed by atoms with Crippen LogP contribution in [0.15, 0.2) is 25.0 Å². The first-order valence-corrected chi connectivity index (χ1v) is 7.46. The maximum Gasteiger partial charge on any atom is 0.137 e. The number of hydrogen-bond donors (Lipinski definition) is 1. The molecule has 0 spiro atoms. The SMILES string of the molecule is Cn1ccnc1[C@@H]1OCCC[C@H]1CNCCn1cncn1. The summed E-state index contributed by atoms with van der Waals surface area (Å²) in [5, 5.41) is 7.59. The van der Waals surface area contributed by atoms with Crippen molar-refractivity contribution in [3.05, 3.63) is 30.9 Å². The zero-order valence-electron chi connectivity index (χ0n) is 12.4. The fraction of sp³-hybridized carbons (Fsp3) is 0.643. The molecule has 0 aromatic carbocycles. The number of rotatable bonds is 6. The van der Waals surface area contributed by atoms with E-state index >= 15 is 0 Å². The number of hydrogen-bond acceptors (Lipinski definition) is 5. The summed E-state index contributed by atoms with van der Waals surface area (Å²) < 4.78 is 9.86. The van der Waals surface area contributed by atoms with Crippen LogP contribution in [0.1, 0.15) is 24.8 Å². The molecule has 7 heteroatoms. The second-order valence-corrected chi connectivity index (χ2v) is 5.45. The van der Waals surface area contributed by atoms with E-state index in [4.69, 9.17) is 4.74 Å². The molecule has 0 saturated carbocycles. The molecule has 0 bridgehead atoms. The molecule has 1 saturated heterocycles. The van der Waals surface area contributed by atoms with Gasteiger partial charge >= 0.3 is 0 Å². The van der Waals surface area contributed by atoms with Gasteiger partial charge in [-0.05, 0) is 12.8 Å². The van der Waals surface area contributed by atoms with Crippen molar-refractivity contribution in [2.45, 2.75) is 25.5 Å². The number of ether oxygens (including phenoxy) is 1. The van der Waals surface area contributed by atoms with E-state index < -0.39 is 0 Å². The van der Waals surface area contributed by atoms with Crippen LogP contribution in [0.3, 0.4) is 0 Å². The van der Waals surface area contributed by atoms with Gasteiger partial charge in [0, 0.05) is 45.1 Å². The lowest BCUT2D eigenvalue weighted by atomic mass is 9.93. The van der Waals surface area contributed by atoms with Crippen molar-refractivity contribution in [1.29, 1.82) is 0 Å². The van der Waals surface area contributed by atoms with Gasteiger partial charge in [0.2, 0.25) is 0 Å². The lowest BCUT2D eigenvalue weighted by Crippen LogP contribution is -2.34. The lowest BCUT2D eigenvalue weighted by Gasteiger charge is -2.31. The topological polar surface area (TPSA) is 69.8 Å². The molecule has 3 heterocycles. The third kappa shape index (κ3) is 3.48. The Bertz CT molecular complexity index is 537. The largest absolute Gasteiger partial charge is 0.370 e. The minimum Gasteiger partial charge on any atom is -0.370 e. The highest BCUT2D eigenvalue weighted by molar-refractivity contribution is 4.99. The first-order chi connectivity index (χ1) is 10.3. The van der Waals surface area contributed by atoms with Gasteiger partial charge in [-0.15, -0.1) is 0 Å². The van der Waals surface area contributed by atoms with E-state index in [0.717, 1.165) is 38.5 Å². The molecule has 7 nitrogen and oxygen atoms in total. The molecule has 2 atom stereocenters. The highest BCUT2D eigenvalue weighted by Gasteiger charge is 2.29. The third-order valence-electron chi connectivity index (χ3n) is 3.95. The van der Waals surface area contributed by atoms with Crippen LogP contribution in [0, 0.1) is 5.92 Å². The summed E-state index contributed by atoms with van der Waals surface area (Å²) in [5.41, 5.74) is 0. The smallest absolute Gasteiger partial charge is 0.137 e. The average Bonchev–Trinajstić information content (AvgIpc) is 3.15. The van der Waals surface area contributed by atoms with Gasteiger partial charge in [0.25, 0.3) is 0 Å². The Morgan fingerprint density at radius 2 is 2.43 bits per heavy atom. The summed E-state index contributed by atoms with van der Waals surface area (Å²) in [6.45, 7) is 3.48. The van der Waals surface area contributed by atoms with Gasteiger partial charge in [-0.2, -0.15) is 5.10 Å². The summed E-state index contributed by atoms with van der Waals surface area (Å²) in [6.07, 6.45) is 9.50. The summed E-state index contributed by atoms with van der Waals surface area (Å²) in [5.74, 6) is 1.49. The second kappa shape index (κ2) is 6.82. The zero-order chi connectivity index (χ0) is 14.5. The normalized spacial score (nSPS) is 22.5. The molecule has 2 aromatic rings. The Balaban J connectivity index is 1.51. The quantitative estimate of drug-likeness (QED) is 0.796. The van der Waals surface area contributed by atoms with Gasteiger partial charge < -0.3 is 14.6 Å². The predicted molar refractivity (Wildman–Crippen MR) is 77.5 cm³/mol. The average molecular weight is 290 g/mol. The van der Waals surface area contributed by atoms with Crippen LogP contribution >= 0.6 is 0 Å². The van der Waals surface area contributed by atoms with Crippen molar-refractivity contribution in [2.75, 3.05) is 19.7 Å². The molecule has 21 heavy (non-hydrogen) atoms. The molecule has 114 valence electrons. The Kier molecular flexibility index (Phi) is 4.62. The highest BCUT2D eigenvalue weighted by Crippen LogP contribution is 2.31. The fourth-order valence-electron chi connectivity index (χ4n) is 2.82. The van der Waals surface area contributed by atoms with Gasteiger partial charge in [-0.1, -0.05) is 0 Å². The molecular weight excluding hydrogens is 268 g/mol. The van der Waals surface area contributed by atoms with E-state index in [1.807, 2.05) is 24.1 Å². The number of aromatic nitrogens is 5. The van der Waals surface area contributed by atoms with Crippen molar-refractivity contribution in [1.82, 2.24) is 29.6 Å². The summed E-state index contributed by atoms with van der Waals surface area (Å²) in [4.78, 5) is 8.39. The number of imidazole rings is 1. The van der Waals surface area contributed by atoms with Gasteiger partial charge in [0.1, 0.15) is 24.6 Å². The molecular formula is C14H22N6O. The van der Waals surface area contributed by atoms with Crippen molar-refractivity contribution in [3.8, 4) is 0 Å². The first kappa shape index (κ1) is 14.2. The minimum atomic E-state index is 0.0950. The van der Waals surface area contributed by atoms with E-state index in [2.05, 4.69) is 25.0 Å². The van der Waals surface area contributed by atoms with Gasteiger partial charge in [0.05, 0.1) is 6.54 Å². The molecule has 1 fully saturated rings. The zero-order valence-corrected chi connectivity index (χ0v) is 12.4. The Morgan fingerprint density at radius 1 is 1.48 bits per heavy atom. The van der Waals surface area contributed by atoms with Crippen LogP contribution in [-0.4, -0.2) is 44.0 Å². The van der Waals surface area contributed by atoms with Crippen molar-refractivity contribution in [2.24, 2.45) is 13.0 Å². The molecule has 0 unspecified atom stereocenters. The molecule has 0 aliphatic carbocycles. The van der Waals surface area contributed by atoms with Crippen LogP contribution < -0.4 is 5.32 Å². The van der Waals surface area contributed by atoms with Crippen molar-refractivity contribution >= 4 is 0 Å².